The highest BCUT2D eigenvalue weighted by molar-refractivity contribution is 7.86. The van der Waals surface area contributed by atoms with Crippen LogP contribution in [-0.2, 0) is 10.1 Å². The lowest BCUT2D eigenvalue weighted by molar-refractivity contribution is -0.0510. The monoisotopic (exact) mass is 235 g/mol. The summed E-state index contributed by atoms with van der Waals surface area (Å²) in [5.74, 6) is 0. The van der Waals surface area contributed by atoms with Crippen molar-refractivity contribution in [1.82, 2.24) is 4.98 Å². The predicted octanol–water partition coefficient (Wildman–Crippen LogP) is 1.54. The minimum atomic E-state index is -5.84. The molecule has 0 spiro atoms. The Hall–Kier alpha value is -0.670. The lowest BCUT2D eigenvalue weighted by Crippen LogP contribution is -2.21. The van der Waals surface area contributed by atoms with E-state index in [0.717, 1.165) is 0 Å². The van der Waals surface area contributed by atoms with E-state index in [9.17, 15) is 13.2 Å². The molecule has 0 saturated carbocycles. The molecule has 0 bridgehead atoms. The van der Waals surface area contributed by atoms with Crippen LogP contribution in [0.5, 0.6) is 0 Å². The number of halogens is 3. The highest BCUT2D eigenvalue weighted by atomic mass is 32.2. The zero-order valence-corrected chi connectivity index (χ0v) is 7.53. The zero-order valence-electron chi connectivity index (χ0n) is 5.89. The molecule has 1 N–H and O–H groups in total. The molecule has 1 rings (SSSR count). The molecule has 1 heterocycles. The maximum Gasteiger partial charge on any atom is 0.522 e. The highest BCUT2D eigenvalue weighted by Crippen LogP contribution is 2.20. The Balaban J connectivity index is 0.000000243. The Morgan fingerprint density at radius 1 is 1.38 bits per heavy atom. The quantitative estimate of drug-likeness (QED) is 0.547. The molecule has 13 heavy (non-hydrogen) atoms. The second-order valence-corrected chi connectivity index (χ2v) is 3.76. The molecule has 9 heteroatoms. The fourth-order valence-electron chi connectivity index (χ4n) is 0.176. The van der Waals surface area contributed by atoms with E-state index >= 15 is 0 Å². The topological polar surface area (TPSA) is 67.3 Å². The molecule has 0 aliphatic carbocycles. The van der Waals surface area contributed by atoms with Gasteiger partial charge < -0.3 is 0 Å². The van der Waals surface area contributed by atoms with Gasteiger partial charge >= 0.3 is 15.6 Å². The van der Waals surface area contributed by atoms with Crippen LogP contribution in [0.2, 0.25) is 0 Å². The fraction of sp³-hybridized carbons (Fsp3) is 0.250. The van der Waals surface area contributed by atoms with E-state index in [-0.39, 0.29) is 0 Å². The highest BCUT2D eigenvalue weighted by Gasteiger charge is 2.44. The van der Waals surface area contributed by atoms with Gasteiger partial charge in [-0.15, -0.1) is 11.3 Å². The van der Waals surface area contributed by atoms with Crippen molar-refractivity contribution in [2.45, 2.75) is 5.51 Å². The molecule has 0 aliphatic heterocycles. The predicted molar refractivity (Wildman–Crippen MR) is 39.7 cm³/mol. The molecule has 0 fully saturated rings. The van der Waals surface area contributed by atoms with Gasteiger partial charge in [0.25, 0.3) is 0 Å². The molecule has 0 amide bonds. The SMILES string of the molecule is O=S(=O)(O)C(F)(F)F.c1cscn1. The molecule has 0 unspecified atom stereocenters. The summed E-state index contributed by atoms with van der Waals surface area (Å²) in [6.45, 7) is 0. The molecular weight excluding hydrogens is 231 g/mol. The van der Waals surface area contributed by atoms with Gasteiger partial charge in [0, 0.05) is 11.6 Å². The molecule has 0 atom stereocenters. The first-order valence-corrected chi connectivity index (χ1v) is 4.99. The van der Waals surface area contributed by atoms with Crippen LogP contribution in [0, 0.1) is 0 Å². The first-order chi connectivity index (χ1) is 5.75. The third-order valence-corrected chi connectivity index (χ3v) is 1.75. The van der Waals surface area contributed by atoms with E-state index in [0.29, 0.717) is 0 Å². The summed E-state index contributed by atoms with van der Waals surface area (Å²) in [6.07, 6.45) is 1.77. The van der Waals surface area contributed by atoms with E-state index < -0.39 is 15.6 Å². The van der Waals surface area contributed by atoms with Gasteiger partial charge in [-0.2, -0.15) is 21.6 Å². The summed E-state index contributed by atoms with van der Waals surface area (Å²) in [4.78, 5) is 3.74. The van der Waals surface area contributed by atoms with Crippen molar-refractivity contribution >= 4 is 21.5 Å². The minimum absolute atomic E-state index is 1.60. The van der Waals surface area contributed by atoms with Crippen molar-refractivity contribution in [3.8, 4) is 0 Å². The number of aromatic nitrogens is 1. The summed E-state index contributed by atoms with van der Waals surface area (Å²) in [5, 5.41) is 1.93. The normalized spacial score (nSPS) is 11.7. The molecule has 0 radical (unpaired) electrons. The summed E-state index contributed by atoms with van der Waals surface area (Å²) in [7, 11) is -5.84. The third-order valence-electron chi connectivity index (χ3n) is 0.640. The van der Waals surface area contributed by atoms with E-state index in [1.54, 1.807) is 23.0 Å². The van der Waals surface area contributed by atoms with E-state index in [1.807, 2.05) is 5.38 Å². The van der Waals surface area contributed by atoms with Crippen LogP contribution in [0.4, 0.5) is 13.2 Å². The van der Waals surface area contributed by atoms with Gasteiger partial charge in [-0.05, 0) is 0 Å². The van der Waals surface area contributed by atoms with Crippen molar-refractivity contribution in [3.05, 3.63) is 17.1 Å². The molecule has 1 aromatic heterocycles. The van der Waals surface area contributed by atoms with Crippen molar-refractivity contribution in [3.63, 3.8) is 0 Å². The maximum atomic E-state index is 10.7. The van der Waals surface area contributed by atoms with Crippen molar-refractivity contribution in [2.75, 3.05) is 0 Å². The Kier molecular flexibility index (Phi) is 4.30. The van der Waals surface area contributed by atoms with Gasteiger partial charge in [-0.1, -0.05) is 0 Å². The summed E-state index contributed by atoms with van der Waals surface area (Å²) >= 11 is 1.60. The lowest BCUT2D eigenvalue weighted by Gasteiger charge is -1.97. The van der Waals surface area contributed by atoms with Gasteiger partial charge in [0.15, 0.2) is 0 Å². The largest absolute Gasteiger partial charge is 0.522 e. The van der Waals surface area contributed by atoms with E-state index in [1.165, 1.54) is 0 Å². The zero-order chi connectivity index (χ0) is 10.5. The molecule has 0 aromatic carbocycles. The van der Waals surface area contributed by atoms with E-state index in [2.05, 4.69) is 4.98 Å². The number of thiazole rings is 1. The van der Waals surface area contributed by atoms with Crippen LogP contribution in [0.1, 0.15) is 0 Å². The molecular formula is C4H4F3NO3S2. The van der Waals surface area contributed by atoms with Gasteiger partial charge in [0.05, 0.1) is 5.51 Å². The summed E-state index contributed by atoms with van der Waals surface area (Å²) < 4.78 is 57.5. The fourth-order valence-corrected chi connectivity index (χ4v) is 0.527. The number of hydrogen-bond donors (Lipinski definition) is 1. The third kappa shape index (κ3) is 5.55. The molecule has 1 aromatic rings. The Morgan fingerprint density at radius 3 is 1.92 bits per heavy atom. The standard InChI is InChI=1S/C3H3NS.CHF3O3S/c1-2-5-3-4-1;2-1(3,4)8(5,6)7/h1-3H;(H,5,6,7). The lowest BCUT2D eigenvalue weighted by atomic mass is 11.0. The van der Waals surface area contributed by atoms with Crippen LogP contribution in [-0.4, -0.2) is 23.5 Å². The Morgan fingerprint density at radius 2 is 1.85 bits per heavy atom. The van der Waals surface area contributed by atoms with E-state index in [4.69, 9.17) is 13.0 Å². The molecule has 0 aliphatic rings. The number of alkyl halides is 3. The number of rotatable bonds is 0. The Bertz CT molecular complexity index is 300. The average Bonchev–Trinajstić information content (AvgIpc) is 2.35. The number of hydrogen-bond acceptors (Lipinski definition) is 4. The smallest absolute Gasteiger partial charge is 0.279 e. The summed E-state index contributed by atoms with van der Waals surface area (Å²) in [6, 6.07) is 0. The molecule has 76 valence electrons. The minimum Gasteiger partial charge on any atom is -0.279 e. The van der Waals surface area contributed by atoms with Gasteiger partial charge in [-0.25, -0.2) is 0 Å². The Labute approximate surface area is 75.8 Å². The first-order valence-electron chi connectivity index (χ1n) is 2.61. The summed E-state index contributed by atoms with van der Waals surface area (Å²) in [5.41, 5.74) is -3.74. The van der Waals surface area contributed by atoms with Crippen molar-refractivity contribution in [1.29, 1.82) is 0 Å². The van der Waals surface area contributed by atoms with Crippen molar-refractivity contribution < 1.29 is 26.1 Å². The van der Waals surface area contributed by atoms with Crippen LogP contribution < -0.4 is 0 Å². The average molecular weight is 235 g/mol. The molecule has 4 nitrogen and oxygen atoms in total. The second kappa shape index (κ2) is 4.53. The van der Waals surface area contributed by atoms with Crippen LogP contribution in [0.25, 0.3) is 0 Å². The van der Waals surface area contributed by atoms with Crippen molar-refractivity contribution in [2.24, 2.45) is 0 Å². The van der Waals surface area contributed by atoms with Gasteiger partial charge in [0.1, 0.15) is 0 Å². The van der Waals surface area contributed by atoms with Crippen LogP contribution in [0.15, 0.2) is 17.1 Å². The second-order valence-electron chi connectivity index (χ2n) is 1.60. The van der Waals surface area contributed by atoms with Crippen LogP contribution >= 0.6 is 11.3 Å². The van der Waals surface area contributed by atoms with Gasteiger partial charge in [-0.3, -0.25) is 9.54 Å². The molecule has 0 saturated heterocycles. The first kappa shape index (κ1) is 12.3. The van der Waals surface area contributed by atoms with Gasteiger partial charge in [0.2, 0.25) is 0 Å². The number of nitrogens with zero attached hydrogens (tertiary/aromatic N) is 1. The van der Waals surface area contributed by atoms with Crippen LogP contribution in [0.3, 0.4) is 0 Å². The maximum absolute atomic E-state index is 10.7.